The molecule has 1 aliphatic rings. The molecule has 0 unspecified atom stereocenters. The number of ether oxygens (including phenoxy) is 1. The van der Waals surface area contributed by atoms with Crippen molar-refractivity contribution < 1.29 is 14.6 Å². The van der Waals surface area contributed by atoms with Crippen LogP contribution >= 0.6 is 0 Å². The van der Waals surface area contributed by atoms with Crippen molar-refractivity contribution in [2.45, 2.75) is 25.0 Å². The highest BCUT2D eigenvalue weighted by molar-refractivity contribution is 5.76. The van der Waals surface area contributed by atoms with Gasteiger partial charge in [0.2, 0.25) is 0 Å². The molecule has 0 aromatic heterocycles. The summed E-state index contributed by atoms with van der Waals surface area (Å²) < 4.78 is 5.35. The Morgan fingerprint density at radius 3 is 2.83 bits per heavy atom. The highest BCUT2D eigenvalue weighted by Gasteiger charge is 2.25. The molecule has 98 valence electrons. The third-order valence-electron chi connectivity index (χ3n) is 3.20. The van der Waals surface area contributed by atoms with Crippen molar-refractivity contribution in [1.82, 2.24) is 4.90 Å². The number of hydrogen-bond acceptors (Lipinski definition) is 4. The maximum atomic E-state index is 11.8. The Morgan fingerprint density at radius 2 is 2.17 bits per heavy atom. The van der Waals surface area contributed by atoms with Gasteiger partial charge >= 0.3 is 5.97 Å². The van der Waals surface area contributed by atoms with Crippen LogP contribution in [0.2, 0.25) is 0 Å². The molecule has 2 rings (SSSR count). The molecule has 1 fully saturated rings. The quantitative estimate of drug-likeness (QED) is 0.822. The van der Waals surface area contributed by atoms with E-state index in [9.17, 15) is 9.90 Å². The van der Waals surface area contributed by atoms with E-state index in [4.69, 9.17) is 4.74 Å². The summed E-state index contributed by atoms with van der Waals surface area (Å²) in [7, 11) is 2.01. The van der Waals surface area contributed by atoms with Crippen molar-refractivity contribution in [3.05, 3.63) is 35.9 Å². The van der Waals surface area contributed by atoms with Crippen molar-refractivity contribution in [2.24, 2.45) is 0 Å². The molecule has 4 nitrogen and oxygen atoms in total. The van der Waals surface area contributed by atoms with Gasteiger partial charge in [0.15, 0.2) is 6.10 Å². The molecule has 1 aromatic carbocycles. The minimum atomic E-state index is -1.18. The van der Waals surface area contributed by atoms with Crippen molar-refractivity contribution in [3.8, 4) is 0 Å². The van der Waals surface area contributed by atoms with Crippen molar-refractivity contribution in [1.29, 1.82) is 0 Å². The molecular weight excluding hydrogens is 230 g/mol. The van der Waals surface area contributed by atoms with Crippen LogP contribution in [-0.2, 0) is 9.53 Å². The first-order valence-corrected chi connectivity index (χ1v) is 6.29. The number of aliphatic hydroxyl groups is 1. The minimum Gasteiger partial charge on any atom is -0.459 e. The average molecular weight is 249 g/mol. The van der Waals surface area contributed by atoms with Crippen molar-refractivity contribution in [2.75, 3.05) is 20.1 Å². The predicted molar refractivity (Wildman–Crippen MR) is 68.0 cm³/mol. The highest BCUT2D eigenvalue weighted by atomic mass is 16.6. The van der Waals surface area contributed by atoms with Crippen LogP contribution in [0.1, 0.15) is 24.5 Å². The summed E-state index contributed by atoms with van der Waals surface area (Å²) in [5, 5.41) is 9.90. The summed E-state index contributed by atoms with van der Waals surface area (Å²) in [5.74, 6) is -0.554. The van der Waals surface area contributed by atoms with Crippen LogP contribution in [0.4, 0.5) is 0 Å². The number of likely N-dealkylation sites (tertiary alicyclic amines) is 1. The fourth-order valence-electron chi connectivity index (χ4n) is 2.22. The van der Waals surface area contributed by atoms with E-state index in [0.29, 0.717) is 5.56 Å². The molecule has 2 atom stereocenters. The first-order chi connectivity index (χ1) is 8.66. The monoisotopic (exact) mass is 249 g/mol. The van der Waals surface area contributed by atoms with Gasteiger partial charge in [-0.05, 0) is 32.0 Å². The molecule has 18 heavy (non-hydrogen) atoms. The van der Waals surface area contributed by atoms with Crippen LogP contribution < -0.4 is 0 Å². The lowest BCUT2D eigenvalue weighted by Crippen LogP contribution is -2.38. The highest BCUT2D eigenvalue weighted by Crippen LogP contribution is 2.18. The maximum Gasteiger partial charge on any atom is 0.339 e. The Kier molecular flexibility index (Phi) is 4.33. The molecule has 0 radical (unpaired) electrons. The van der Waals surface area contributed by atoms with Gasteiger partial charge < -0.3 is 14.7 Å². The number of carbonyl (C=O) groups excluding carboxylic acids is 1. The fourth-order valence-corrected chi connectivity index (χ4v) is 2.22. The number of benzene rings is 1. The van der Waals surface area contributed by atoms with Crippen LogP contribution in [0.3, 0.4) is 0 Å². The molecular formula is C14H19NO3. The molecule has 0 saturated carbocycles. The van der Waals surface area contributed by atoms with E-state index in [0.717, 1.165) is 25.9 Å². The average Bonchev–Trinajstić information content (AvgIpc) is 2.39. The second kappa shape index (κ2) is 5.98. The van der Waals surface area contributed by atoms with Gasteiger partial charge in [-0.1, -0.05) is 30.3 Å². The second-order valence-electron chi connectivity index (χ2n) is 4.78. The van der Waals surface area contributed by atoms with Gasteiger partial charge in [-0.15, -0.1) is 0 Å². The zero-order chi connectivity index (χ0) is 13.0. The molecule has 1 N–H and O–H groups in total. The largest absolute Gasteiger partial charge is 0.459 e. The third kappa shape index (κ3) is 3.31. The van der Waals surface area contributed by atoms with Gasteiger partial charge in [0, 0.05) is 6.54 Å². The van der Waals surface area contributed by atoms with E-state index in [1.54, 1.807) is 24.3 Å². The molecule has 1 aliphatic heterocycles. The van der Waals surface area contributed by atoms with Crippen molar-refractivity contribution >= 4 is 5.97 Å². The van der Waals surface area contributed by atoms with E-state index >= 15 is 0 Å². The number of rotatable bonds is 3. The summed E-state index contributed by atoms with van der Waals surface area (Å²) in [6.45, 7) is 1.78. The Morgan fingerprint density at radius 1 is 1.44 bits per heavy atom. The smallest absolute Gasteiger partial charge is 0.339 e. The van der Waals surface area contributed by atoms with Gasteiger partial charge in [-0.2, -0.15) is 0 Å². The van der Waals surface area contributed by atoms with Gasteiger partial charge in [0.05, 0.1) is 0 Å². The topological polar surface area (TPSA) is 49.8 Å². The van der Waals surface area contributed by atoms with Gasteiger partial charge in [0.1, 0.15) is 6.10 Å². The SMILES string of the molecule is CN1CCC[C@H](OC(=O)[C@@H](O)c2ccccc2)C1. The van der Waals surface area contributed by atoms with Crippen LogP contribution in [0.25, 0.3) is 0 Å². The normalized spacial score (nSPS) is 22.4. The van der Waals surface area contributed by atoms with Crippen LogP contribution in [0.5, 0.6) is 0 Å². The molecule has 4 heteroatoms. The summed E-state index contributed by atoms with van der Waals surface area (Å²) in [5.41, 5.74) is 0.576. The van der Waals surface area contributed by atoms with Gasteiger partial charge in [-0.3, -0.25) is 0 Å². The summed E-state index contributed by atoms with van der Waals surface area (Å²) in [6.07, 6.45) is 0.612. The Hall–Kier alpha value is -1.39. The van der Waals surface area contributed by atoms with Crippen LogP contribution in [0.15, 0.2) is 30.3 Å². The summed E-state index contributed by atoms with van der Waals surface area (Å²) >= 11 is 0. The molecule has 1 heterocycles. The predicted octanol–water partition coefficient (Wildman–Crippen LogP) is 1.36. The van der Waals surface area contributed by atoms with Crippen LogP contribution in [-0.4, -0.2) is 42.2 Å². The lowest BCUT2D eigenvalue weighted by atomic mass is 10.1. The van der Waals surface area contributed by atoms with Crippen molar-refractivity contribution in [3.63, 3.8) is 0 Å². The van der Waals surface area contributed by atoms with Crippen LogP contribution in [0, 0.1) is 0 Å². The van der Waals surface area contributed by atoms with E-state index in [-0.39, 0.29) is 6.10 Å². The molecule has 1 aromatic rings. The number of nitrogens with zero attached hydrogens (tertiary/aromatic N) is 1. The Balaban J connectivity index is 1.91. The van der Waals surface area contributed by atoms with Gasteiger partial charge in [-0.25, -0.2) is 4.79 Å². The Bertz CT molecular complexity index is 393. The van der Waals surface area contributed by atoms with E-state index in [2.05, 4.69) is 4.90 Å². The number of esters is 1. The summed E-state index contributed by atoms with van der Waals surface area (Å²) in [4.78, 5) is 14.0. The minimum absolute atomic E-state index is 0.102. The van der Waals surface area contributed by atoms with E-state index < -0.39 is 12.1 Å². The zero-order valence-electron chi connectivity index (χ0n) is 10.6. The number of aliphatic hydroxyl groups excluding tert-OH is 1. The molecule has 1 saturated heterocycles. The molecule has 0 bridgehead atoms. The molecule has 0 amide bonds. The van der Waals surface area contributed by atoms with Gasteiger partial charge in [0.25, 0.3) is 0 Å². The number of likely N-dealkylation sites (N-methyl/N-ethyl adjacent to an activating group) is 1. The standard InChI is InChI=1S/C14H19NO3/c1-15-9-5-8-12(10-15)18-14(17)13(16)11-6-3-2-4-7-11/h2-4,6-7,12-13,16H,5,8-10H2,1H3/t12-,13-/m0/s1. The Labute approximate surface area is 107 Å². The number of carbonyl (C=O) groups is 1. The third-order valence-corrected chi connectivity index (χ3v) is 3.20. The first-order valence-electron chi connectivity index (χ1n) is 6.29. The maximum absolute atomic E-state index is 11.8. The second-order valence-corrected chi connectivity index (χ2v) is 4.78. The number of piperidine rings is 1. The molecule has 0 aliphatic carbocycles. The zero-order valence-corrected chi connectivity index (χ0v) is 10.6. The lowest BCUT2D eigenvalue weighted by molar-refractivity contribution is -0.161. The molecule has 0 spiro atoms. The lowest BCUT2D eigenvalue weighted by Gasteiger charge is -2.29. The number of hydrogen-bond donors (Lipinski definition) is 1. The van der Waals surface area contributed by atoms with E-state index in [1.807, 2.05) is 13.1 Å². The fraction of sp³-hybridized carbons (Fsp3) is 0.500. The summed E-state index contributed by atoms with van der Waals surface area (Å²) in [6, 6.07) is 8.87. The first kappa shape index (κ1) is 13.1. The van der Waals surface area contributed by atoms with E-state index in [1.165, 1.54) is 0 Å².